The molecule has 1 aromatic carbocycles. The van der Waals surface area contributed by atoms with Crippen molar-refractivity contribution in [1.82, 2.24) is 9.80 Å². The molecule has 0 spiro atoms. The highest BCUT2D eigenvalue weighted by molar-refractivity contribution is 5.78. The molecule has 0 saturated carbocycles. The van der Waals surface area contributed by atoms with Crippen molar-refractivity contribution >= 4 is 11.9 Å². The molecule has 0 atom stereocenters. The Morgan fingerprint density at radius 3 is 2.22 bits per heavy atom. The number of likely N-dealkylation sites (tertiary alicyclic amines) is 2. The Kier molecular flexibility index (Phi) is 6.89. The minimum Gasteiger partial charge on any atom is -0.481 e. The van der Waals surface area contributed by atoms with Gasteiger partial charge in [-0.15, -0.1) is 0 Å². The number of carboxylic acid groups (broad SMARTS) is 1. The molecule has 148 valence electrons. The van der Waals surface area contributed by atoms with Gasteiger partial charge in [0.1, 0.15) is 0 Å². The van der Waals surface area contributed by atoms with Gasteiger partial charge < -0.3 is 10.0 Å². The molecule has 0 bridgehead atoms. The maximum absolute atomic E-state index is 12.6. The maximum Gasteiger partial charge on any atom is 0.306 e. The minimum absolute atomic E-state index is 0.209. The Labute approximate surface area is 162 Å². The van der Waals surface area contributed by atoms with Crippen LogP contribution < -0.4 is 0 Å². The third kappa shape index (κ3) is 5.80. The second kappa shape index (κ2) is 9.36. The second-order valence-electron chi connectivity index (χ2n) is 8.24. The number of carboxylic acids is 1. The van der Waals surface area contributed by atoms with Gasteiger partial charge in [-0.05, 0) is 70.0 Å². The number of amides is 1. The summed E-state index contributed by atoms with van der Waals surface area (Å²) < 4.78 is 0. The van der Waals surface area contributed by atoms with Crippen molar-refractivity contribution < 1.29 is 14.7 Å². The molecule has 2 saturated heterocycles. The monoisotopic (exact) mass is 372 g/mol. The maximum atomic E-state index is 12.6. The Morgan fingerprint density at radius 2 is 1.63 bits per heavy atom. The van der Waals surface area contributed by atoms with E-state index in [1.807, 2.05) is 4.90 Å². The lowest BCUT2D eigenvalue weighted by Crippen LogP contribution is -2.46. The van der Waals surface area contributed by atoms with Gasteiger partial charge in [-0.2, -0.15) is 0 Å². The van der Waals surface area contributed by atoms with Crippen molar-refractivity contribution in [2.24, 2.45) is 11.8 Å². The Hall–Kier alpha value is -1.88. The van der Waals surface area contributed by atoms with Crippen molar-refractivity contribution in [3.8, 4) is 0 Å². The number of rotatable bonds is 6. The van der Waals surface area contributed by atoms with E-state index in [0.717, 1.165) is 45.4 Å². The lowest BCUT2D eigenvalue weighted by atomic mass is 9.90. The van der Waals surface area contributed by atoms with Gasteiger partial charge in [0.2, 0.25) is 5.91 Å². The molecule has 0 aromatic heterocycles. The van der Waals surface area contributed by atoms with Crippen molar-refractivity contribution in [2.45, 2.75) is 45.4 Å². The van der Waals surface area contributed by atoms with Crippen LogP contribution in [-0.4, -0.2) is 59.5 Å². The van der Waals surface area contributed by atoms with E-state index in [2.05, 4.69) is 36.1 Å². The van der Waals surface area contributed by atoms with Crippen LogP contribution in [0.2, 0.25) is 0 Å². The van der Waals surface area contributed by atoms with Gasteiger partial charge in [-0.3, -0.25) is 14.5 Å². The standard InChI is InChI=1S/C22H32N2O3/c1-17-2-4-18(5-3-17)6-7-19-8-14-24(15-9-19)21(25)16-23-12-10-20(11-13-23)22(26)27/h2-5,19-20H,6-16H2,1H3,(H,26,27). The largest absolute Gasteiger partial charge is 0.481 e. The molecule has 5 nitrogen and oxygen atoms in total. The molecule has 3 rings (SSSR count). The zero-order chi connectivity index (χ0) is 19.2. The number of carbonyl (C=O) groups is 2. The van der Waals surface area contributed by atoms with Crippen LogP contribution in [0, 0.1) is 18.8 Å². The summed E-state index contributed by atoms with van der Waals surface area (Å²) in [6, 6.07) is 8.80. The van der Waals surface area contributed by atoms with Crippen LogP contribution >= 0.6 is 0 Å². The number of carbonyl (C=O) groups excluding carboxylic acids is 1. The van der Waals surface area contributed by atoms with Gasteiger partial charge in [-0.1, -0.05) is 29.8 Å². The number of benzene rings is 1. The summed E-state index contributed by atoms with van der Waals surface area (Å²) in [6.45, 7) is 5.72. The van der Waals surface area contributed by atoms with E-state index in [0.29, 0.717) is 25.3 Å². The molecule has 1 N–H and O–H groups in total. The van der Waals surface area contributed by atoms with Crippen molar-refractivity contribution in [3.63, 3.8) is 0 Å². The van der Waals surface area contributed by atoms with E-state index in [9.17, 15) is 9.59 Å². The van der Waals surface area contributed by atoms with Crippen LogP contribution in [0.3, 0.4) is 0 Å². The van der Waals surface area contributed by atoms with E-state index in [-0.39, 0.29) is 11.8 Å². The molecule has 1 aromatic rings. The lowest BCUT2D eigenvalue weighted by Gasteiger charge is -2.35. The van der Waals surface area contributed by atoms with Crippen LogP contribution in [0.4, 0.5) is 0 Å². The van der Waals surface area contributed by atoms with Gasteiger partial charge >= 0.3 is 5.97 Å². The lowest BCUT2D eigenvalue weighted by molar-refractivity contribution is -0.143. The molecule has 5 heteroatoms. The highest BCUT2D eigenvalue weighted by Crippen LogP contribution is 2.23. The first kappa shape index (κ1) is 19.9. The summed E-state index contributed by atoms with van der Waals surface area (Å²) in [6.07, 6.45) is 5.83. The number of piperidine rings is 2. The van der Waals surface area contributed by atoms with Gasteiger partial charge in [-0.25, -0.2) is 0 Å². The normalized spacial score (nSPS) is 20.0. The van der Waals surface area contributed by atoms with Crippen molar-refractivity contribution in [2.75, 3.05) is 32.7 Å². The number of aliphatic carboxylic acids is 1. The van der Waals surface area contributed by atoms with E-state index < -0.39 is 5.97 Å². The molecule has 2 aliphatic rings. The first-order valence-corrected chi connectivity index (χ1v) is 10.3. The Balaban J connectivity index is 1.35. The molecule has 2 fully saturated rings. The third-order valence-corrected chi connectivity index (χ3v) is 6.22. The fourth-order valence-corrected chi connectivity index (χ4v) is 4.23. The first-order valence-electron chi connectivity index (χ1n) is 10.3. The topological polar surface area (TPSA) is 60.9 Å². The first-order chi connectivity index (χ1) is 13.0. The van der Waals surface area contributed by atoms with E-state index in [4.69, 9.17) is 5.11 Å². The molecule has 0 aliphatic carbocycles. The molecular formula is C22H32N2O3. The van der Waals surface area contributed by atoms with Crippen LogP contribution in [-0.2, 0) is 16.0 Å². The smallest absolute Gasteiger partial charge is 0.306 e. The predicted octanol–water partition coefficient (Wildman–Crippen LogP) is 2.96. The van der Waals surface area contributed by atoms with E-state index in [1.165, 1.54) is 17.5 Å². The molecule has 27 heavy (non-hydrogen) atoms. The molecular weight excluding hydrogens is 340 g/mol. The Morgan fingerprint density at radius 1 is 1.00 bits per heavy atom. The van der Waals surface area contributed by atoms with Gasteiger partial charge in [0.05, 0.1) is 12.5 Å². The molecule has 2 heterocycles. The van der Waals surface area contributed by atoms with E-state index >= 15 is 0 Å². The van der Waals surface area contributed by atoms with Crippen molar-refractivity contribution in [3.05, 3.63) is 35.4 Å². The summed E-state index contributed by atoms with van der Waals surface area (Å²) in [4.78, 5) is 27.7. The zero-order valence-corrected chi connectivity index (χ0v) is 16.4. The number of hydrogen-bond donors (Lipinski definition) is 1. The highest BCUT2D eigenvalue weighted by atomic mass is 16.4. The number of hydrogen-bond acceptors (Lipinski definition) is 3. The van der Waals surface area contributed by atoms with Crippen molar-refractivity contribution in [1.29, 1.82) is 0 Å². The minimum atomic E-state index is -0.700. The van der Waals surface area contributed by atoms with Crippen LogP contribution in [0.1, 0.15) is 43.2 Å². The average molecular weight is 373 g/mol. The second-order valence-corrected chi connectivity index (χ2v) is 8.24. The zero-order valence-electron chi connectivity index (χ0n) is 16.4. The summed E-state index contributed by atoms with van der Waals surface area (Å²) in [7, 11) is 0. The Bertz CT molecular complexity index is 627. The van der Waals surface area contributed by atoms with Gasteiger partial charge in [0.25, 0.3) is 0 Å². The summed E-state index contributed by atoms with van der Waals surface area (Å²) in [5.41, 5.74) is 2.71. The number of nitrogens with zero attached hydrogens (tertiary/aromatic N) is 2. The summed E-state index contributed by atoms with van der Waals surface area (Å²) in [5.74, 6) is -0.0169. The van der Waals surface area contributed by atoms with Crippen LogP contribution in [0.15, 0.2) is 24.3 Å². The SMILES string of the molecule is Cc1ccc(CCC2CCN(C(=O)CN3CCC(C(=O)O)CC3)CC2)cc1. The van der Waals surface area contributed by atoms with E-state index in [1.54, 1.807) is 0 Å². The fraction of sp³-hybridized carbons (Fsp3) is 0.636. The number of aryl methyl sites for hydroxylation is 2. The fourth-order valence-electron chi connectivity index (χ4n) is 4.23. The van der Waals surface area contributed by atoms with Gasteiger partial charge in [0, 0.05) is 13.1 Å². The van der Waals surface area contributed by atoms with Crippen LogP contribution in [0.5, 0.6) is 0 Å². The summed E-state index contributed by atoms with van der Waals surface area (Å²) in [5, 5.41) is 9.07. The van der Waals surface area contributed by atoms with Crippen LogP contribution in [0.25, 0.3) is 0 Å². The molecule has 0 radical (unpaired) electrons. The predicted molar refractivity (Wildman–Crippen MR) is 106 cm³/mol. The quantitative estimate of drug-likeness (QED) is 0.834. The molecule has 2 aliphatic heterocycles. The third-order valence-electron chi connectivity index (χ3n) is 6.22. The average Bonchev–Trinajstić information content (AvgIpc) is 2.68. The highest BCUT2D eigenvalue weighted by Gasteiger charge is 2.28. The molecule has 0 unspecified atom stereocenters. The van der Waals surface area contributed by atoms with Gasteiger partial charge in [0.15, 0.2) is 0 Å². The molecule has 1 amide bonds. The summed E-state index contributed by atoms with van der Waals surface area (Å²) >= 11 is 0.